The third-order valence-corrected chi connectivity index (χ3v) is 6.41. The molecular weight excluding hydrogens is 420 g/mol. The summed E-state index contributed by atoms with van der Waals surface area (Å²) in [7, 11) is -3.06. The molecule has 1 unspecified atom stereocenters. The van der Waals surface area contributed by atoms with Gasteiger partial charge in [-0.2, -0.15) is 5.10 Å². The largest absolute Gasteiger partial charge is 0.480 e. The zero-order valence-corrected chi connectivity index (χ0v) is 17.5. The number of carboxylic acids is 1. The number of sulfone groups is 1. The quantitative estimate of drug-likeness (QED) is 0.784. The molecule has 1 N–H and O–H groups in total. The van der Waals surface area contributed by atoms with Crippen LogP contribution in [-0.4, -0.2) is 35.5 Å². The van der Waals surface area contributed by atoms with E-state index in [4.69, 9.17) is 5.11 Å². The normalized spacial score (nSPS) is 16.4. The van der Waals surface area contributed by atoms with Crippen molar-refractivity contribution in [3.63, 3.8) is 0 Å². The topological polar surface area (TPSA) is 89.3 Å². The molecule has 26 heavy (non-hydrogen) atoms. The fourth-order valence-electron chi connectivity index (χ4n) is 2.95. The number of hydrogen-bond donors (Lipinski definition) is 1. The van der Waals surface area contributed by atoms with Crippen molar-refractivity contribution >= 4 is 31.7 Å². The van der Waals surface area contributed by atoms with E-state index in [1.165, 1.54) is 18.2 Å². The fourth-order valence-corrected chi connectivity index (χ4v) is 3.91. The van der Waals surface area contributed by atoms with Crippen LogP contribution in [0.4, 0.5) is 0 Å². The van der Waals surface area contributed by atoms with Crippen molar-refractivity contribution in [1.82, 2.24) is 9.78 Å². The lowest BCUT2D eigenvalue weighted by molar-refractivity contribution is -0.137. The molecule has 0 saturated heterocycles. The number of aliphatic carboxylic acids is 1. The number of aromatic nitrogens is 2. The van der Waals surface area contributed by atoms with Gasteiger partial charge in [0.05, 0.1) is 11.1 Å². The molecule has 142 valence electrons. The minimum atomic E-state index is -3.06. The maximum absolute atomic E-state index is 11.1. The standard InChI is InChI=1S/C10H14N2O2.C8H9BrO2S/c1-7-3-2-4-9-8(7)5-11-12(9)6-10(13)14;1-6-5-7(12(2,10)11)3-4-8(6)9/h5,7H,2-4,6H2,1H3,(H,13,14);3-5H,1-2H3. The van der Waals surface area contributed by atoms with E-state index < -0.39 is 15.8 Å². The van der Waals surface area contributed by atoms with Crippen LogP contribution in [0.5, 0.6) is 0 Å². The Balaban J connectivity index is 0.000000190. The molecule has 1 aliphatic rings. The molecule has 0 fully saturated rings. The van der Waals surface area contributed by atoms with Gasteiger partial charge in [-0.3, -0.25) is 9.48 Å². The molecule has 3 rings (SSSR count). The molecule has 1 heterocycles. The summed E-state index contributed by atoms with van der Waals surface area (Å²) >= 11 is 3.30. The van der Waals surface area contributed by atoms with Crippen LogP contribution < -0.4 is 0 Å². The average molecular weight is 443 g/mol. The molecule has 0 spiro atoms. The van der Waals surface area contributed by atoms with Gasteiger partial charge in [0.1, 0.15) is 6.54 Å². The highest BCUT2D eigenvalue weighted by Gasteiger charge is 2.21. The van der Waals surface area contributed by atoms with Crippen molar-refractivity contribution in [3.05, 3.63) is 45.7 Å². The molecule has 0 amide bonds. The molecule has 8 heteroatoms. The van der Waals surface area contributed by atoms with Gasteiger partial charge >= 0.3 is 5.97 Å². The van der Waals surface area contributed by atoms with Gasteiger partial charge in [0, 0.05) is 16.4 Å². The summed E-state index contributed by atoms with van der Waals surface area (Å²) in [5, 5.41) is 12.8. The van der Waals surface area contributed by atoms with Crippen LogP contribution in [-0.2, 0) is 27.6 Å². The van der Waals surface area contributed by atoms with E-state index in [1.807, 2.05) is 13.1 Å². The molecule has 1 aromatic heterocycles. The predicted molar refractivity (Wildman–Crippen MR) is 103 cm³/mol. The van der Waals surface area contributed by atoms with Crippen LogP contribution in [0.3, 0.4) is 0 Å². The summed E-state index contributed by atoms with van der Waals surface area (Å²) < 4.78 is 24.7. The molecular formula is C18H23BrN2O4S. The van der Waals surface area contributed by atoms with Gasteiger partial charge in [-0.25, -0.2) is 8.42 Å². The summed E-state index contributed by atoms with van der Waals surface area (Å²) in [6.45, 7) is 4.02. The molecule has 2 aromatic rings. The summed E-state index contributed by atoms with van der Waals surface area (Å²) in [6.07, 6.45) is 6.32. The number of benzene rings is 1. The van der Waals surface area contributed by atoms with E-state index in [2.05, 4.69) is 28.0 Å². The summed E-state index contributed by atoms with van der Waals surface area (Å²) in [5.41, 5.74) is 3.28. The number of fused-ring (bicyclic) bond motifs is 1. The molecule has 1 aromatic carbocycles. The molecule has 0 aliphatic heterocycles. The van der Waals surface area contributed by atoms with Crippen LogP contribution in [0.2, 0.25) is 0 Å². The van der Waals surface area contributed by atoms with Crippen LogP contribution in [0.1, 0.15) is 42.5 Å². The lowest BCUT2D eigenvalue weighted by Crippen LogP contribution is -2.16. The van der Waals surface area contributed by atoms with Crippen LogP contribution >= 0.6 is 15.9 Å². The van der Waals surface area contributed by atoms with E-state index >= 15 is 0 Å². The minimum Gasteiger partial charge on any atom is -0.480 e. The van der Waals surface area contributed by atoms with Gasteiger partial charge in [-0.15, -0.1) is 0 Å². The molecule has 0 bridgehead atoms. The van der Waals surface area contributed by atoms with E-state index in [9.17, 15) is 13.2 Å². The zero-order valence-electron chi connectivity index (χ0n) is 15.1. The lowest BCUT2D eigenvalue weighted by atomic mass is 9.89. The van der Waals surface area contributed by atoms with Crippen molar-refractivity contribution in [2.45, 2.75) is 50.5 Å². The van der Waals surface area contributed by atoms with E-state index in [0.717, 1.165) is 28.6 Å². The maximum atomic E-state index is 11.1. The molecule has 0 saturated carbocycles. The number of aryl methyl sites for hydroxylation is 1. The van der Waals surface area contributed by atoms with Crippen LogP contribution in [0.15, 0.2) is 33.8 Å². The van der Waals surface area contributed by atoms with Crippen molar-refractivity contribution in [2.75, 3.05) is 6.26 Å². The predicted octanol–water partition coefficient (Wildman–Crippen LogP) is 3.57. The summed E-state index contributed by atoms with van der Waals surface area (Å²) in [4.78, 5) is 10.9. The Morgan fingerprint density at radius 3 is 2.69 bits per heavy atom. The van der Waals surface area contributed by atoms with Crippen molar-refractivity contribution in [2.24, 2.45) is 0 Å². The SMILES string of the molecule is CC1CCCc2c1cnn2CC(=O)O.Cc1cc(S(C)(=O)=O)ccc1Br. The monoisotopic (exact) mass is 442 g/mol. The summed E-state index contributed by atoms with van der Waals surface area (Å²) in [5.74, 6) is -0.296. The fraction of sp³-hybridized carbons (Fsp3) is 0.444. The Hall–Kier alpha value is -1.67. The Morgan fingerprint density at radius 2 is 2.12 bits per heavy atom. The van der Waals surface area contributed by atoms with E-state index in [-0.39, 0.29) is 6.54 Å². The number of nitrogens with zero attached hydrogens (tertiary/aromatic N) is 2. The highest BCUT2D eigenvalue weighted by Crippen LogP contribution is 2.30. The number of halogens is 1. The van der Waals surface area contributed by atoms with Gasteiger partial charge in [0.2, 0.25) is 0 Å². The third-order valence-electron chi connectivity index (χ3n) is 4.41. The number of hydrogen-bond acceptors (Lipinski definition) is 4. The minimum absolute atomic E-state index is 0.0119. The highest BCUT2D eigenvalue weighted by molar-refractivity contribution is 9.10. The Morgan fingerprint density at radius 1 is 1.42 bits per heavy atom. The van der Waals surface area contributed by atoms with Gasteiger partial charge in [-0.05, 0) is 61.4 Å². The van der Waals surface area contributed by atoms with Crippen molar-refractivity contribution in [3.8, 4) is 0 Å². The first-order valence-corrected chi connectivity index (χ1v) is 11.0. The zero-order chi connectivity index (χ0) is 19.5. The van der Waals surface area contributed by atoms with Crippen LogP contribution in [0.25, 0.3) is 0 Å². The van der Waals surface area contributed by atoms with Crippen LogP contribution in [0, 0.1) is 6.92 Å². The number of carboxylic acid groups (broad SMARTS) is 1. The second-order valence-corrected chi connectivity index (χ2v) is 9.44. The second kappa shape index (κ2) is 8.35. The van der Waals surface area contributed by atoms with Gasteiger partial charge in [0.15, 0.2) is 9.84 Å². The summed E-state index contributed by atoms with van der Waals surface area (Å²) in [6, 6.07) is 4.98. The van der Waals surface area contributed by atoms with E-state index in [1.54, 1.807) is 22.9 Å². The first-order valence-electron chi connectivity index (χ1n) is 8.32. The Bertz CT molecular complexity index is 906. The molecule has 6 nitrogen and oxygen atoms in total. The Kier molecular flexibility index (Phi) is 6.63. The van der Waals surface area contributed by atoms with Crippen molar-refractivity contribution < 1.29 is 18.3 Å². The molecule has 0 radical (unpaired) electrons. The van der Waals surface area contributed by atoms with Gasteiger partial charge in [-0.1, -0.05) is 22.9 Å². The number of carbonyl (C=O) groups is 1. The average Bonchev–Trinajstić information content (AvgIpc) is 2.93. The smallest absolute Gasteiger partial charge is 0.325 e. The first-order chi connectivity index (χ1) is 12.1. The lowest BCUT2D eigenvalue weighted by Gasteiger charge is -2.18. The van der Waals surface area contributed by atoms with E-state index in [0.29, 0.717) is 10.8 Å². The molecule has 1 aliphatic carbocycles. The molecule has 1 atom stereocenters. The second-order valence-electron chi connectivity index (χ2n) is 6.57. The van der Waals surface area contributed by atoms with Crippen molar-refractivity contribution in [1.29, 1.82) is 0 Å². The first kappa shape index (κ1) is 20.6. The Labute approximate surface area is 162 Å². The van der Waals surface area contributed by atoms with Gasteiger partial charge in [0.25, 0.3) is 0 Å². The third kappa shape index (κ3) is 5.17. The highest BCUT2D eigenvalue weighted by atomic mass is 79.9. The maximum Gasteiger partial charge on any atom is 0.325 e. The van der Waals surface area contributed by atoms with Gasteiger partial charge < -0.3 is 5.11 Å². The number of rotatable bonds is 3.